The molecule has 120 valence electrons. The van der Waals surface area contributed by atoms with Crippen LogP contribution in [0.2, 0.25) is 0 Å². The fourth-order valence-corrected chi connectivity index (χ4v) is 2.72. The predicted molar refractivity (Wildman–Crippen MR) is 76.8 cm³/mol. The minimum atomic E-state index is -0.652. The molecule has 2 rings (SSSR count). The number of aliphatic hydroxyl groups excluding tert-OH is 1. The number of hydrogen-bond donors (Lipinski definition) is 1. The summed E-state index contributed by atoms with van der Waals surface area (Å²) in [5.41, 5.74) is -0.555. The molecule has 0 spiro atoms. The van der Waals surface area contributed by atoms with Gasteiger partial charge in [-0.05, 0) is 34.6 Å². The molecule has 0 aromatic rings. The fourth-order valence-electron chi connectivity index (χ4n) is 2.72. The number of ether oxygens (including phenoxy) is 3. The first-order valence-corrected chi connectivity index (χ1v) is 7.26. The Balaban J connectivity index is 2.15. The monoisotopic (exact) mass is 299 g/mol. The first-order valence-electron chi connectivity index (χ1n) is 7.26. The zero-order valence-electron chi connectivity index (χ0n) is 13.3. The summed E-state index contributed by atoms with van der Waals surface area (Å²) in [7, 11) is 0. The Morgan fingerprint density at radius 2 is 2.10 bits per heavy atom. The van der Waals surface area contributed by atoms with E-state index in [-0.39, 0.29) is 24.9 Å². The van der Waals surface area contributed by atoms with Gasteiger partial charge in [0, 0.05) is 0 Å². The number of carbonyl (C=O) groups is 1. The minimum absolute atomic E-state index is 0.0830. The highest BCUT2D eigenvalue weighted by Gasteiger charge is 2.53. The highest BCUT2D eigenvalue weighted by atomic mass is 16.8. The van der Waals surface area contributed by atoms with Crippen LogP contribution in [-0.2, 0) is 14.2 Å². The van der Waals surface area contributed by atoms with Crippen LogP contribution in [0.4, 0.5) is 4.79 Å². The standard InChI is InChI=1S/C15H25NO5/c1-14(2,3)21-13(18)16-9-11-12(10(16)7-6-8-17)20-15(4,5)19-11/h6-7,10-12,17H,8-9H2,1-5H3/b7-6+/t10-,11+,12-/m1/s1. The Morgan fingerprint density at radius 3 is 2.67 bits per heavy atom. The van der Waals surface area contributed by atoms with E-state index in [2.05, 4.69) is 0 Å². The second-order valence-electron chi connectivity index (χ2n) is 6.87. The molecule has 1 N–H and O–H groups in total. The molecule has 21 heavy (non-hydrogen) atoms. The summed E-state index contributed by atoms with van der Waals surface area (Å²) >= 11 is 0. The second kappa shape index (κ2) is 5.59. The van der Waals surface area contributed by atoms with Crippen molar-refractivity contribution in [3.05, 3.63) is 12.2 Å². The molecule has 2 aliphatic heterocycles. The molecule has 0 radical (unpaired) electrons. The quantitative estimate of drug-likeness (QED) is 0.786. The van der Waals surface area contributed by atoms with Gasteiger partial charge in [0.15, 0.2) is 5.79 Å². The molecule has 2 aliphatic rings. The number of carbonyl (C=O) groups excluding carboxylic acids is 1. The summed E-state index contributed by atoms with van der Waals surface area (Å²) < 4.78 is 17.1. The van der Waals surface area contributed by atoms with E-state index in [1.807, 2.05) is 34.6 Å². The van der Waals surface area contributed by atoms with E-state index in [0.717, 1.165) is 0 Å². The van der Waals surface area contributed by atoms with Gasteiger partial charge in [0.25, 0.3) is 0 Å². The van der Waals surface area contributed by atoms with E-state index in [1.165, 1.54) is 0 Å². The number of aliphatic hydroxyl groups is 1. The van der Waals surface area contributed by atoms with E-state index < -0.39 is 17.5 Å². The highest BCUT2D eigenvalue weighted by Crippen LogP contribution is 2.37. The largest absolute Gasteiger partial charge is 0.444 e. The average molecular weight is 299 g/mol. The Kier molecular flexibility index (Phi) is 4.33. The molecule has 3 atom stereocenters. The average Bonchev–Trinajstić information content (AvgIpc) is 2.76. The zero-order chi connectivity index (χ0) is 15.8. The van der Waals surface area contributed by atoms with Crippen molar-refractivity contribution in [2.45, 2.75) is 64.3 Å². The topological polar surface area (TPSA) is 68.2 Å². The highest BCUT2D eigenvalue weighted by molar-refractivity contribution is 5.69. The summed E-state index contributed by atoms with van der Waals surface area (Å²) in [4.78, 5) is 13.9. The van der Waals surface area contributed by atoms with Crippen LogP contribution in [0.25, 0.3) is 0 Å². The van der Waals surface area contributed by atoms with E-state index in [4.69, 9.17) is 19.3 Å². The molecule has 0 saturated carbocycles. The molecule has 6 nitrogen and oxygen atoms in total. The van der Waals surface area contributed by atoms with Crippen molar-refractivity contribution in [1.29, 1.82) is 0 Å². The van der Waals surface area contributed by atoms with Crippen molar-refractivity contribution in [3.8, 4) is 0 Å². The Hall–Kier alpha value is -1.11. The van der Waals surface area contributed by atoms with Crippen LogP contribution in [0.1, 0.15) is 34.6 Å². The maximum atomic E-state index is 12.3. The van der Waals surface area contributed by atoms with E-state index >= 15 is 0 Å². The summed E-state index contributed by atoms with van der Waals surface area (Å²) in [5.74, 6) is -0.652. The Labute approximate surface area is 125 Å². The molecule has 0 aromatic carbocycles. The lowest BCUT2D eigenvalue weighted by atomic mass is 10.1. The normalized spacial score (nSPS) is 31.7. The summed E-state index contributed by atoms with van der Waals surface area (Å²) in [6, 6.07) is -0.293. The van der Waals surface area contributed by atoms with Crippen molar-refractivity contribution in [1.82, 2.24) is 4.90 Å². The Bertz CT molecular complexity index is 426. The third kappa shape index (κ3) is 3.75. The van der Waals surface area contributed by atoms with Gasteiger partial charge in [0.2, 0.25) is 0 Å². The van der Waals surface area contributed by atoms with Gasteiger partial charge in [-0.3, -0.25) is 4.90 Å². The lowest BCUT2D eigenvalue weighted by molar-refractivity contribution is -0.158. The number of rotatable bonds is 2. The number of fused-ring (bicyclic) bond motifs is 1. The van der Waals surface area contributed by atoms with Crippen molar-refractivity contribution in [2.24, 2.45) is 0 Å². The zero-order valence-corrected chi connectivity index (χ0v) is 13.3. The van der Waals surface area contributed by atoms with E-state index in [1.54, 1.807) is 17.1 Å². The lowest BCUT2D eigenvalue weighted by Crippen LogP contribution is -2.43. The lowest BCUT2D eigenvalue weighted by Gasteiger charge is -2.30. The van der Waals surface area contributed by atoms with Crippen LogP contribution in [0.15, 0.2) is 12.2 Å². The first-order chi connectivity index (χ1) is 9.63. The minimum Gasteiger partial charge on any atom is -0.444 e. The summed E-state index contributed by atoms with van der Waals surface area (Å²) in [6.07, 6.45) is 2.57. The van der Waals surface area contributed by atoms with Crippen LogP contribution in [0, 0.1) is 0 Å². The van der Waals surface area contributed by atoms with Crippen molar-refractivity contribution in [3.63, 3.8) is 0 Å². The molecule has 0 aromatic heterocycles. The third-order valence-electron chi connectivity index (χ3n) is 3.36. The summed E-state index contributed by atoms with van der Waals surface area (Å²) in [5, 5.41) is 8.99. The van der Waals surface area contributed by atoms with Gasteiger partial charge < -0.3 is 19.3 Å². The molecule has 0 bridgehead atoms. The molecule has 2 fully saturated rings. The molecule has 2 heterocycles. The predicted octanol–water partition coefficient (Wildman–Crippen LogP) is 1.67. The van der Waals surface area contributed by atoms with Crippen LogP contribution in [0.3, 0.4) is 0 Å². The maximum Gasteiger partial charge on any atom is 0.410 e. The number of likely N-dealkylation sites (tertiary alicyclic amines) is 1. The van der Waals surface area contributed by atoms with Crippen LogP contribution in [-0.4, -0.2) is 58.9 Å². The van der Waals surface area contributed by atoms with Crippen molar-refractivity contribution < 1.29 is 24.1 Å². The summed E-state index contributed by atoms with van der Waals surface area (Å²) in [6.45, 7) is 9.54. The molecular weight excluding hydrogens is 274 g/mol. The third-order valence-corrected chi connectivity index (χ3v) is 3.36. The fraction of sp³-hybridized carbons (Fsp3) is 0.800. The number of amides is 1. The number of hydrogen-bond acceptors (Lipinski definition) is 5. The SMILES string of the molecule is CC(C)(C)OC(=O)N1C[C@@H]2OC(C)(C)O[C@@H]2[C@H]1/C=C/CO. The maximum absolute atomic E-state index is 12.3. The smallest absolute Gasteiger partial charge is 0.410 e. The van der Waals surface area contributed by atoms with Crippen LogP contribution in [0.5, 0.6) is 0 Å². The molecule has 0 unspecified atom stereocenters. The van der Waals surface area contributed by atoms with Gasteiger partial charge in [-0.15, -0.1) is 0 Å². The van der Waals surface area contributed by atoms with Gasteiger partial charge in [0.1, 0.15) is 17.8 Å². The molecular formula is C15H25NO5. The number of nitrogens with zero attached hydrogens (tertiary/aromatic N) is 1. The van der Waals surface area contributed by atoms with Gasteiger partial charge >= 0.3 is 6.09 Å². The van der Waals surface area contributed by atoms with Crippen LogP contribution >= 0.6 is 0 Å². The Morgan fingerprint density at radius 1 is 1.43 bits per heavy atom. The van der Waals surface area contributed by atoms with Gasteiger partial charge in [-0.25, -0.2) is 4.79 Å². The molecule has 0 aliphatic carbocycles. The van der Waals surface area contributed by atoms with Gasteiger partial charge in [-0.2, -0.15) is 0 Å². The molecule has 6 heteroatoms. The van der Waals surface area contributed by atoms with Crippen LogP contribution < -0.4 is 0 Å². The molecule has 1 amide bonds. The first kappa shape index (κ1) is 16.3. The van der Waals surface area contributed by atoms with E-state index in [0.29, 0.717) is 6.54 Å². The molecule has 2 saturated heterocycles. The van der Waals surface area contributed by atoms with Gasteiger partial charge in [0.05, 0.1) is 19.2 Å². The second-order valence-corrected chi connectivity index (χ2v) is 6.87. The van der Waals surface area contributed by atoms with Crippen molar-refractivity contribution >= 4 is 6.09 Å². The van der Waals surface area contributed by atoms with Gasteiger partial charge in [-0.1, -0.05) is 12.2 Å². The van der Waals surface area contributed by atoms with Crippen molar-refractivity contribution in [2.75, 3.05) is 13.2 Å². The van der Waals surface area contributed by atoms with E-state index in [9.17, 15) is 4.79 Å².